The maximum atomic E-state index is 13.6. The number of rotatable bonds is 4. The van der Waals surface area contributed by atoms with Gasteiger partial charge in [-0.2, -0.15) is 0 Å². The summed E-state index contributed by atoms with van der Waals surface area (Å²) < 4.78 is 0. The molecule has 0 radical (unpaired) electrons. The van der Waals surface area contributed by atoms with E-state index in [9.17, 15) is 19.2 Å². The number of nitrogens with zero attached hydrogens (tertiary/aromatic N) is 1. The number of amides is 1. The summed E-state index contributed by atoms with van der Waals surface area (Å²) in [6.45, 7) is 0. The first kappa shape index (κ1) is 26.4. The first-order valence-electron chi connectivity index (χ1n) is 11.8. The Hall–Kier alpha value is -3.81. The molecular formula is C30H14Cl4N2O4. The molecule has 6 rings (SSSR count). The van der Waals surface area contributed by atoms with E-state index in [2.05, 4.69) is 10.3 Å². The fourth-order valence-corrected chi connectivity index (χ4v) is 6.02. The number of pyridine rings is 1. The van der Waals surface area contributed by atoms with Gasteiger partial charge in [-0.05, 0) is 29.0 Å². The van der Waals surface area contributed by atoms with Gasteiger partial charge >= 0.3 is 0 Å². The molecule has 4 aromatic carbocycles. The molecule has 1 aliphatic rings. The highest BCUT2D eigenvalue weighted by Gasteiger charge is 2.41. The molecule has 1 atom stereocenters. The van der Waals surface area contributed by atoms with Crippen molar-refractivity contribution in [2.24, 2.45) is 0 Å². The average molecular weight is 608 g/mol. The van der Waals surface area contributed by atoms with Crippen molar-refractivity contribution in [3.8, 4) is 0 Å². The van der Waals surface area contributed by atoms with Gasteiger partial charge in [-0.15, -0.1) is 0 Å². The highest BCUT2D eigenvalue weighted by molar-refractivity contribution is 6.54. The summed E-state index contributed by atoms with van der Waals surface area (Å²) in [5.74, 6) is -2.58. The van der Waals surface area contributed by atoms with Crippen molar-refractivity contribution in [3.05, 3.63) is 115 Å². The van der Waals surface area contributed by atoms with Crippen LogP contribution in [0.5, 0.6) is 0 Å². The lowest BCUT2D eigenvalue weighted by Gasteiger charge is -2.15. The summed E-state index contributed by atoms with van der Waals surface area (Å²) in [4.78, 5) is 56.8. The molecule has 6 nitrogen and oxygen atoms in total. The summed E-state index contributed by atoms with van der Waals surface area (Å²) in [6.07, 6.45) is 0.365. The summed E-state index contributed by atoms with van der Waals surface area (Å²) in [6, 6.07) is 19.3. The zero-order chi connectivity index (χ0) is 28.3. The molecule has 0 bridgehead atoms. The molecule has 1 unspecified atom stereocenters. The summed E-state index contributed by atoms with van der Waals surface area (Å²) in [5, 5.41) is 4.12. The number of anilines is 1. The smallest absolute Gasteiger partial charge is 0.258 e. The third-order valence-electron chi connectivity index (χ3n) is 6.90. The Kier molecular flexibility index (Phi) is 6.59. The normalized spacial score (nSPS) is 14.6. The Bertz CT molecular complexity index is 1970. The van der Waals surface area contributed by atoms with Gasteiger partial charge in [0.1, 0.15) is 5.92 Å². The van der Waals surface area contributed by atoms with Crippen molar-refractivity contribution < 1.29 is 19.2 Å². The molecule has 1 amide bonds. The number of halogens is 4. The van der Waals surface area contributed by atoms with E-state index in [1.54, 1.807) is 36.4 Å². The topological polar surface area (TPSA) is 93.2 Å². The van der Waals surface area contributed by atoms with Crippen LogP contribution in [0.1, 0.15) is 53.0 Å². The van der Waals surface area contributed by atoms with Gasteiger partial charge in [0, 0.05) is 22.1 Å². The average Bonchev–Trinajstić information content (AvgIpc) is 3.23. The summed E-state index contributed by atoms with van der Waals surface area (Å²) in [5.41, 5.74) is 1.07. The molecule has 1 aliphatic carbocycles. The monoisotopic (exact) mass is 606 g/mol. The van der Waals surface area contributed by atoms with Crippen LogP contribution in [0, 0.1) is 0 Å². The number of para-hydroxylation sites is 1. The zero-order valence-electron chi connectivity index (χ0n) is 20.1. The fraction of sp³-hybridized carbons (Fsp3) is 0.0333. The number of carbonyl (C=O) groups is 4. The van der Waals surface area contributed by atoms with E-state index in [-0.39, 0.29) is 54.2 Å². The lowest BCUT2D eigenvalue weighted by molar-refractivity contribution is 0.0887. The Labute approximate surface area is 246 Å². The number of benzene rings is 4. The molecule has 1 heterocycles. The second-order valence-corrected chi connectivity index (χ2v) is 10.6. The van der Waals surface area contributed by atoms with Crippen molar-refractivity contribution >= 4 is 97.5 Å². The number of hydrogen-bond acceptors (Lipinski definition) is 5. The Morgan fingerprint density at radius 2 is 1.48 bits per heavy atom. The molecule has 10 heteroatoms. The van der Waals surface area contributed by atoms with Gasteiger partial charge in [0.05, 0.1) is 42.6 Å². The van der Waals surface area contributed by atoms with Crippen LogP contribution >= 0.6 is 46.4 Å². The highest BCUT2D eigenvalue weighted by atomic mass is 35.5. The first-order chi connectivity index (χ1) is 19.2. The number of hydrogen-bond donors (Lipinski definition) is 1. The van der Waals surface area contributed by atoms with Crippen molar-refractivity contribution in [3.63, 3.8) is 0 Å². The molecular weight excluding hydrogens is 594 g/mol. The van der Waals surface area contributed by atoms with E-state index in [0.29, 0.717) is 33.7 Å². The van der Waals surface area contributed by atoms with Crippen LogP contribution in [-0.4, -0.2) is 28.7 Å². The second-order valence-electron chi connectivity index (χ2n) is 9.10. The molecule has 0 spiro atoms. The minimum atomic E-state index is -1.13. The van der Waals surface area contributed by atoms with Crippen LogP contribution in [0.3, 0.4) is 0 Å². The maximum Gasteiger partial charge on any atom is 0.258 e. The van der Waals surface area contributed by atoms with Crippen LogP contribution in [0.2, 0.25) is 20.1 Å². The SMILES string of the molecule is O=Cc1c(Cl)c(Cl)c(Cl)c(Cl)c1C(=O)Nc1cccc2ccc(C3C(=O)c4ccc5ccccc5c4C3=O)nc12. The molecule has 5 aromatic rings. The van der Waals surface area contributed by atoms with Gasteiger partial charge in [0.25, 0.3) is 5.91 Å². The quantitative estimate of drug-likeness (QED) is 0.0961. The third kappa shape index (κ3) is 3.99. The predicted molar refractivity (Wildman–Crippen MR) is 157 cm³/mol. The van der Waals surface area contributed by atoms with E-state index < -0.39 is 11.8 Å². The van der Waals surface area contributed by atoms with Crippen LogP contribution in [0.4, 0.5) is 5.69 Å². The van der Waals surface area contributed by atoms with Crippen molar-refractivity contribution in [1.29, 1.82) is 0 Å². The van der Waals surface area contributed by atoms with Gasteiger partial charge in [-0.1, -0.05) is 94.9 Å². The molecule has 1 N–H and O–H groups in total. The number of Topliss-reactive ketones (excluding diaryl/α,β-unsaturated/α-hetero) is 2. The molecule has 196 valence electrons. The second kappa shape index (κ2) is 9.98. The van der Waals surface area contributed by atoms with E-state index in [4.69, 9.17) is 46.4 Å². The van der Waals surface area contributed by atoms with E-state index in [0.717, 1.165) is 5.39 Å². The predicted octanol–water partition coefficient (Wildman–Crippen LogP) is 8.23. The van der Waals surface area contributed by atoms with Crippen LogP contribution in [-0.2, 0) is 0 Å². The van der Waals surface area contributed by atoms with Crippen LogP contribution < -0.4 is 5.32 Å². The molecule has 0 saturated heterocycles. The zero-order valence-corrected chi connectivity index (χ0v) is 23.1. The van der Waals surface area contributed by atoms with Gasteiger partial charge in [-0.25, -0.2) is 4.98 Å². The van der Waals surface area contributed by atoms with Crippen molar-refractivity contribution in [1.82, 2.24) is 4.98 Å². The fourth-order valence-electron chi connectivity index (χ4n) is 5.02. The Morgan fingerprint density at radius 1 is 0.775 bits per heavy atom. The number of aromatic nitrogens is 1. The van der Waals surface area contributed by atoms with Crippen molar-refractivity contribution in [2.75, 3.05) is 5.32 Å². The van der Waals surface area contributed by atoms with E-state index in [1.165, 1.54) is 0 Å². The molecule has 1 aromatic heterocycles. The van der Waals surface area contributed by atoms with Gasteiger partial charge in [-0.3, -0.25) is 19.2 Å². The van der Waals surface area contributed by atoms with Crippen LogP contribution in [0.25, 0.3) is 21.7 Å². The van der Waals surface area contributed by atoms with E-state index in [1.807, 2.05) is 30.3 Å². The minimum Gasteiger partial charge on any atom is -0.320 e. The summed E-state index contributed by atoms with van der Waals surface area (Å²) >= 11 is 24.6. The van der Waals surface area contributed by atoms with Crippen LogP contribution in [0.15, 0.2) is 66.7 Å². The maximum absolute atomic E-state index is 13.6. The largest absolute Gasteiger partial charge is 0.320 e. The lowest BCUT2D eigenvalue weighted by Crippen LogP contribution is -2.17. The Balaban J connectivity index is 1.43. The standard InChI is InChI=1S/C30H14Cl4N2O4/c31-23-17(12-37)21(24(32)26(34)25(23)33)30(40)36-19-7-3-5-14-9-11-18(35-27(14)19)22-28(38)16-10-8-13-4-1-2-6-15(13)20(16)29(22)39/h1-12,22H,(H,36,40). The third-order valence-corrected chi connectivity index (χ3v) is 8.72. The lowest BCUT2D eigenvalue weighted by atomic mass is 9.97. The number of ketones is 2. The van der Waals surface area contributed by atoms with Crippen molar-refractivity contribution in [2.45, 2.75) is 5.92 Å². The molecule has 0 fully saturated rings. The molecule has 0 saturated carbocycles. The number of fused-ring (bicyclic) bond motifs is 4. The van der Waals surface area contributed by atoms with Gasteiger partial charge in [0.2, 0.25) is 0 Å². The molecule has 40 heavy (non-hydrogen) atoms. The Morgan fingerprint density at radius 3 is 2.25 bits per heavy atom. The summed E-state index contributed by atoms with van der Waals surface area (Å²) in [7, 11) is 0. The first-order valence-corrected chi connectivity index (χ1v) is 13.4. The number of nitrogens with one attached hydrogen (secondary N) is 1. The highest BCUT2D eigenvalue weighted by Crippen LogP contribution is 2.42. The number of carbonyl (C=O) groups excluding carboxylic acids is 4. The van der Waals surface area contributed by atoms with Gasteiger partial charge < -0.3 is 5.32 Å². The van der Waals surface area contributed by atoms with Gasteiger partial charge in [0.15, 0.2) is 17.9 Å². The molecule has 0 aliphatic heterocycles. The van der Waals surface area contributed by atoms with E-state index >= 15 is 0 Å². The minimum absolute atomic E-state index is 0.150. The number of aldehydes is 1.